The van der Waals surface area contributed by atoms with E-state index in [0.29, 0.717) is 73.4 Å². The lowest BCUT2D eigenvalue weighted by Gasteiger charge is -2.43. The van der Waals surface area contributed by atoms with E-state index >= 15 is 0 Å². The number of rotatable bonds is 38. The fraction of sp³-hybridized carbons (Fsp3) is 0.500. The maximum atomic E-state index is 14.9. The lowest BCUT2D eigenvalue weighted by molar-refractivity contribution is -0.140. The number of para-hydroxylation sites is 2. The number of aryl methyl sites for hydroxylation is 2. The Bertz CT molecular complexity index is 4170. The number of aliphatic hydroxyl groups excluding tert-OH is 2. The lowest BCUT2D eigenvalue weighted by Crippen LogP contribution is -2.51. The van der Waals surface area contributed by atoms with Crippen molar-refractivity contribution < 1.29 is 43.8 Å². The summed E-state index contributed by atoms with van der Waals surface area (Å²) in [4.78, 5) is 108. The van der Waals surface area contributed by atoms with E-state index in [9.17, 15) is 54.3 Å². The summed E-state index contributed by atoms with van der Waals surface area (Å²) in [6.07, 6.45) is 2.25. The van der Waals surface area contributed by atoms with E-state index < -0.39 is 62.9 Å². The summed E-state index contributed by atoms with van der Waals surface area (Å²) >= 11 is 0. The highest BCUT2D eigenvalue weighted by Gasteiger charge is 2.52. The first kappa shape index (κ1) is 79.5. The van der Waals surface area contributed by atoms with E-state index in [1.54, 1.807) is 53.4 Å². The van der Waals surface area contributed by atoms with Crippen molar-refractivity contribution in [2.24, 2.45) is 32.2 Å². The molecule has 4 aromatic carbocycles. The van der Waals surface area contributed by atoms with Gasteiger partial charge >= 0.3 is 0 Å². The molecule has 7 rings (SSSR count). The summed E-state index contributed by atoms with van der Waals surface area (Å²) in [5, 5.41) is 58.6. The molecular weight excluding hydrogens is 1290 g/mol. The molecule has 6 atom stereocenters. The minimum absolute atomic E-state index is 0.00313. The molecule has 9 N–H and O–H groups in total. The van der Waals surface area contributed by atoms with Gasteiger partial charge < -0.3 is 46.7 Å². The Morgan fingerprint density at radius 2 is 1.29 bits per heavy atom. The molecule has 6 aromatic rings. The second-order valence-corrected chi connectivity index (χ2v) is 29.2. The molecule has 0 radical (unpaired) electrons. The molecule has 1 aliphatic rings. The summed E-state index contributed by atoms with van der Waals surface area (Å²) in [6.45, 7) is 17.9. The highest BCUT2D eigenvalue weighted by molar-refractivity contribution is 6.06. The van der Waals surface area contributed by atoms with Crippen molar-refractivity contribution >= 4 is 80.4 Å². The number of pyridine rings is 1. The standard InChI is InChI=1S/C80H103N13O9/c1-11-66-89-70-71(63-25-17-18-26-64(63)88-72(70)83)93(66)48-58-32-30-57(31-33-58)34-38-62(96)37-29-54(2)90-91-68(98)28-13-12-20-44-85-73(100)77(7,51-78(8,50-76(5,6)52-81)74(101)86-46-55(3)94)41-21-42-80(10,75(102)87-47-56(4)95)79(9,53-82)43-39-67(97)84-45-40-69(99)92-49-61-24-15-14-22-59(61)35-36-60-23-16-19-27-65(60)92/h14-19,22-27,30-33,55-56,94-95H,11-13,20-21,28-29,34,37-51H2,1-10H3,(H2,83,88)(H,84,97)(H,85,100)(H,86,101)(H,87,102)(H,91,98). The molecule has 3 heterocycles. The number of anilines is 2. The number of ketones is 1. The van der Waals surface area contributed by atoms with E-state index in [0.717, 1.165) is 50.9 Å². The predicted molar refractivity (Wildman–Crippen MR) is 396 cm³/mol. The van der Waals surface area contributed by atoms with Crippen molar-refractivity contribution in [2.75, 3.05) is 36.8 Å². The van der Waals surface area contributed by atoms with Crippen molar-refractivity contribution in [1.29, 1.82) is 10.5 Å². The Labute approximate surface area is 600 Å². The molecule has 6 amide bonds. The van der Waals surface area contributed by atoms with Crippen molar-refractivity contribution in [3.63, 3.8) is 0 Å². The number of hydrogen-bond acceptors (Lipinski definition) is 15. The number of benzene rings is 4. The molecule has 0 bridgehead atoms. The van der Waals surface area contributed by atoms with Gasteiger partial charge in [0, 0.05) is 104 Å². The van der Waals surface area contributed by atoms with E-state index in [1.165, 1.54) is 13.8 Å². The second kappa shape index (κ2) is 36.2. The number of aliphatic hydroxyl groups is 2. The van der Waals surface area contributed by atoms with E-state index in [1.807, 2.05) is 72.8 Å². The zero-order valence-electron chi connectivity index (χ0n) is 61.1. The number of nitrogen functional groups attached to an aromatic ring is 1. The summed E-state index contributed by atoms with van der Waals surface area (Å²) in [6, 6.07) is 35.9. The molecular formula is C80H103N13O9. The first-order chi connectivity index (χ1) is 48.5. The average Bonchev–Trinajstić information content (AvgIpc) is 1.56. The molecule has 6 unspecified atom stereocenters. The average molecular weight is 1390 g/mol. The first-order valence-corrected chi connectivity index (χ1v) is 35.7. The van der Waals surface area contributed by atoms with Gasteiger partial charge in [0.15, 0.2) is 5.82 Å². The molecule has 0 aliphatic carbocycles. The van der Waals surface area contributed by atoms with Gasteiger partial charge in [-0.15, -0.1) is 0 Å². The lowest BCUT2D eigenvalue weighted by atomic mass is 9.59. The van der Waals surface area contributed by atoms with E-state index in [2.05, 4.69) is 96.5 Å². The molecule has 542 valence electrons. The minimum Gasteiger partial charge on any atom is -0.392 e. The van der Waals surface area contributed by atoms with Gasteiger partial charge in [-0.05, 0) is 147 Å². The van der Waals surface area contributed by atoms with Crippen LogP contribution in [0.1, 0.15) is 199 Å². The first-order valence-electron chi connectivity index (χ1n) is 35.7. The van der Waals surface area contributed by atoms with Crippen LogP contribution in [-0.2, 0) is 59.5 Å². The summed E-state index contributed by atoms with van der Waals surface area (Å²) < 4.78 is 2.21. The molecule has 2 aromatic heterocycles. The Balaban J connectivity index is 0.919. The molecule has 102 heavy (non-hydrogen) atoms. The van der Waals surface area contributed by atoms with E-state index in [-0.39, 0.29) is 115 Å². The van der Waals surface area contributed by atoms with Gasteiger partial charge in [-0.3, -0.25) is 33.6 Å². The van der Waals surface area contributed by atoms with Crippen molar-refractivity contribution in [3.05, 3.63) is 131 Å². The van der Waals surface area contributed by atoms with Crippen LogP contribution >= 0.6 is 0 Å². The zero-order valence-corrected chi connectivity index (χ0v) is 61.1. The van der Waals surface area contributed by atoms with Crippen LogP contribution in [0.2, 0.25) is 0 Å². The number of carbonyl (C=O) groups excluding carboxylic acids is 7. The minimum atomic E-state index is -1.51. The fourth-order valence-corrected chi connectivity index (χ4v) is 13.6. The van der Waals surface area contributed by atoms with Gasteiger partial charge in [0.25, 0.3) is 0 Å². The monoisotopic (exact) mass is 1390 g/mol. The SMILES string of the molecule is CCc1nc2c(N)nc3ccccc3c2n1Cc1ccc(CCC(=O)CCC(C)=NNC(=O)CCCCCNC(=O)C(C)(CCCC(C)(C(=O)NCC(C)O)C(C)(C#N)CCC(=O)NCCC(=O)N2Cc3ccccc3C#Cc3ccccc32)CC(C)(CC(C)(C)C#N)C(=O)NCC(C)O)cc1. The number of aromatic nitrogens is 3. The molecule has 1 aliphatic heterocycles. The van der Waals surface area contributed by atoms with Crippen LogP contribution in [0, 0.1) is 61.6 Å². The topological polar surface area (TPSA) is 340 Å². The number of unbranched alkanes of at least 4 members (excludes halogenated alkanes) is 2. The number of fused-ring (bicyclic) bond motifs is 5. The number of nitrogens with one attached hydrogen (secondary N) is 5. The Morgan fingerprint density at radius 1 is 0.647 bits per heavy atom. The maximum Gasteiger partial charge on any atom is 0.240 e. The smallest absolute Gasteiger partial charge is 0.240 e. The largest absolute Gasteiger partial charge is 0.392 e. The van der Waals surface area contributed by atoms with Crippen LogP contribution in [-0.4, -0.2) is 110 Å². The number of nitrogens with two attached hydrogens (primary N) is 1. The molecule has 22 heteroatoms. The van der Waals surface area contributed by atoms with Crippen LogP contribution < -0.4 is 37.3 Å². The Hall–Kier alpha value is -9.82. The van der Waals surface area contributed by atoms with Gasteiger partial charge in [0.2, 0.25) is 35.4 Å². The second-order valence-electron chi connectivity index (χ2n) is 29.2. The number of nitrogens with zero attached hydrogens (tertiary/aromatic N) is 7. The number of amides is 6. The third-order valence-electron chi connectivity index (χ3n) is 19.8. The molecule has 0 spiro atoms. The van der Waals surface area contributed by atoms with Crippen LogP contribution in [0.25, 0.3) is 21.9 Å². The highest BCUT2D eigenvalue weighted by Crippen LogP contribution is 2.50. The Morgan fingerprint density at radius 3 is 1.99 bits per heavy atom. The summed E-state index contributed by atoms with van der Waals surface area (Å²) in [5.41, 5.74) is 10.6. The van der Waals surface area contributed by atoms with Gasteiger partial charge in [-0.2, -0.15) is 15.6 Å². The van der Waals surface area contributed by atoms with Gasteiger partial charge in [-0.1, -0.05) is 118 Å². The highest BCUT2D eigenvalue weighted by atomic mass is 16.3. The number of carbonyl (C=O) groups is 7. The van der Waals surface area contributed by atoms with Crippen LogP contribution in [0.5, 0.6) is 0 Å². The number of nitriles is 2. The van der Waals surface area contributed by atoms with E-state index in [4.69, 9.17) is 10.7 Å². The number of hydrazone groups is 1. The van der Waals surface area contributed by atoms with Crippen LogP contribution in [0.15, 0.2) is 102 Å². The Kier molecular flexibility index (Phi) is 28.2. The molecule has 0 saturated heterocycles. The van der Waals surface area contributed by atoms with Crippen molar-refractivity contribution in [3.8, 4) is 24.0 Å². The normalized spacial score (nSPS) is 15.1. The molecule has 0 saturated carbocycles. The summed E-state index contributed by atoms with van der Waals surface area (Å²) in [7, 11) is 0. The third-order valence-corrected chi connectivity index (χ3v) is 19.8. The van der Waals surface area contributed by atoms with Gasteiger partial charge in [0.05, 0.1) is 63.9 Å². The fourth-order valence-electron chi connectivity index (χ4n) is 13.6. The van der Waals surface area contributed by atoms with Crippen LogP contribution in [0.3, 0.4) is 0 Å². The number of Topliss-reactive ketones (excluding diaryl/α,β-unsaturated/α-hetero) is 1. The predicted octanol–water partition coefficient (Wildman–Crippen LogP) is 10.5. The number of imidazole rings is 1. The molecule has 0 fully saturated rings. The van der Waals surface area contributed by atoms with Crippen molar-refractivity contribution in [1.82, 2.24) is 41.2 Å². The van der Waals surface area contributed by atoms with Gasteiger partial charge in [0.1, 0.15) is 17.1 Å². The summed E-state index contributed by atoms with van der Waals surface area (Å²) in [5.74, 6) is 5.46. The third kappa shape index (κ3) is 21.4. The molecule has 22 nitrogen and oxygen atoms in total. The quantitative estimate of drug-likeness (QED) is 0.00773. The zero-order chi connectivity index (χ0) is 74.4. The van der Waals surface area contributed by atoms with Gasteiger partial charge in [-0.25, -0.2) is 15.4 Å². The maximum absolute atomic E-state index is 14.9. The number of hydrogen-bond donors (Lipinski definition) is 8. The van der Waals surface area contributed by atoms with Crippen LogP contribution in [0.4, 0.5) is 11.5 Å². The van der Waals surface area contributed by atoms with Crippen molar-refractivity contribution in [2.45, 2.75) is 204 Å².